The number of sulfonamides is 1. The Kier molecular flexibility index (Phi) is 6.15. The van der Waals surface area contributed by atoms with E-state index < -0.39 is 16.0 Å². The Balaban J connectivity index is 1.42. The lowest BCUT2D eigenvalue weighted by atomic mass is 10.0. The molecular formula is C24H23NO5S. The molecule has 1 saturated heterocycles. The molecule has 0 atom stereocenters. The van der Waals surface area contributed by atoms with E-state index in [0.717, 1.165) is 30.0 Å². The summed E-state index contributed by atoms with van der Waals surface area (Å²) < 4.78 is 32.1. The minimum Gasteiger partial charge on any atom is -0.454 e. The molecule has 0 aromatic heterocycles. The van der Waals surface area contributed by atoms with E-state index in [-0.39, 0.29) is 22.8 Å². The van der Waals surface area contributed by atoms with Gasteiger partial charge in [-0.3, -0.25) is 4.79 Å². The van der Waals surface area contributed by atoms with Crippen molar-refractivity contribution in [2.24, 2.45) is 0 Å². The highest BCUT2D eigenvalue weighted by Gasteiger charge is 2.26. The Morgan fingerprint density at radius 3 is 2.26 bits per heavy atom. The van der Waals surface area contributed by atoms with E-state index in [1.165, 1.54) is 28.6 Å². The highest BCUT2D eigenvalue weighted by Crippen LogP contribution is 2.22. The number of piperidine rings is 1. The van der Waals surface area contributed by atoms with Gasteiger partial charge in [-0.2, -0.15) is 4.31 Å². The molecule has 1 aliphatic rings. The molecule has 0 spiro atoms. The Morgan fingerprint density at radius 2 is 1.52 bits per heavy atom. The van der Waals surface area contributed by atoms with Crippen LogP contribution in [-0.2, 0) is 14.8 Å². The van der Waals surface area contributed by atoms with Gasteiger partial charge in [-0.15, -0.1) is 0 Å². The SMILES string of the molecule is O=C(OCC(=O)c1cccc2ccccc12)c1ccc(S(=O)(=O)N2CCCCC2)cc1. The van der Waals surface area contributed by atoms with E-state index in [1.807, 2.05) is 30.3 Å². The fourth-order valence-electron chi connectivity index (χ4n) is 3.78. The first kappa shape index (κ1) is 21.2. The number of carbonyl (C=O) groups is 2. The number of benzene rings is 3. The fourth-order valence-corrected chi connectivity index (χ4v) is 5.30. The molecule has 0 bridgehead atoms. The van der Waals surface area contributed by atoms with Crippen LogP contribution in [0.2, 0.25) is 0 Å². The second-order valence-electron chi connectivity index (χ2n) is 7.52. The van der Waals surface area contributed by atoms with Gasteiger partial charge in [0.1, 0.15) is 0 Å². The van der Waals surface area contributed by atoms with E-state index >= 15 is 0 Å². The molecule has 3 aromatic carbocycles. The van der Waals surface area contributed by atoms with Crippen molar-refractivity contribution in [2.45, 2.75) is 24.2 Å². The third kappa shape index (κ3) is 4.52. The van der Waals surface area contributed by atoms with E-state index in [4.69, 9.17) is 4.74 Å². The molecule has 1 heterocycles. The van der Waals surface area contributed by atoms with Gasteiger partial charge in [-0.1, -0.05) is 48.9 Å². The Labute approximate surface area is 181 Å². The summed E-state index contributed by atoms with van der Waals surface area (Å²) in [5.41, 5.74) is 0.692. The zero-order valence-corrected chi connectivity index (χ0v) is 17.8. The molecule has 1 fully saturated rings. The van der Waals surface area contributed by atoms with Crippen LogP contribution in [0.25, 0.3) is 10.8 Å². The van der Waals surface area contributed by atoms with Crippen LogP contribution in [0.15, 0.2) is 71.6 Å². The minimum atomic E-state index is -3.56. The molecule has 160 valence electrons. The van der Waals surface area contributed by atoms with Crippen LogP contribution in [0.1, 0.15) is 40.0 Å². The lowest BCUT2D eigenvalue weighted by Gasteiger charge is -2.25. The van der Waals surface area contributed by atoms with Crippen molar-refractivity contribution in [3.63, 3.8) is 0 Å². The summed E-state index contributed by atoms with van der Waals surface area (Å²) in [6.07, 6.45) is 2.75. The van der Waals surface area contributed by atoms with E-state index in [2.05, 4.69) is 0 Å². The molecule has 0 radical (unpaired) electrons. The highest BCUT2D eigenvalue weighted by atomic mass is 32.2. The number of rotatable bonds is 6. The zero-order chi connectivity index (χ0) is 21.8. The van der Waals surface area contributed by atoms with Crippen LogP contribution in [0.5, 0.6) is 0 Å². The van der Waals surface area contributed by atoms with Crippen molar-refractivity contribution >= 4 is 32.5 Å². The number of hydrogen-bond acceptors (Lipinski definition) is 5. The largest absolute Gasteiger partial charge is 0.454 e. The van der Waals surface area contributed by atoms with Gasteiger partial charge in [-0.25, -0.2) is 13.2 Å². The molecule has 7 heteroatoms. The van der Waals surface area contributed by atoms with Crippen molar-refractivity contribution in [1.29, 1.82) is 0 Å². The number of carbonyl (C=O) groups excluding carboxylic acids is 2. The lowest BCUT2D eigenvalue weighted by molar-refractivity contribution is 0.0475. The van der Waals surface area contributed by atoms with Gasteiger partial charge >= 0.3 is 5.97 Å². The standard InChI is InChI=1S/C24H23NO5S/c26-23(22-10-6-8-18-7-2-3-9-21(18)22)17-30-24(27)19-11-13-20(14-12-19)31(28,29)25-15-4-1-5-16-25/h2-3,6-14H,1,4-5,15-17H2. The Hall–Kier alpha value is -3.03. The first-order chi connectivity index (χ1) is 15.0. The van der Waals surface area contributed by atoms with Crippen molar-refractivity contribution < 1.29 is 22.7 Å². The summed E-state index contributed by atoms with van der Waals surface area (Å²) in [6, 6.07) is 18.6. The van der Waals surface area contributed by atoms with Crippen molar-refractivity contribution in [3.05, 3.63) is 77.9 Å². The number of nitrogens with zero attached hydrogens (tertiary/aromatic N) is 1. The predicted octanol–water partition coefficient (Wildman–Crippen LogP) is 4.05. The number of Topliss-reactive ketones (excluding diaryl/α,β-unsaturated/α-hetero) is 1. The smallest absolute Gasteiger partial charge is 0.338 e. The maximum absolute atomic E-state index is 12.7. The fraction of sp³-hybridized carbons (Fsp3) is 0.250. The monoisotopic (exact) mass is 437 g/mol. The summed E-state index contributed by atoms with van der Waals surface area (Å²) >= 11 is 0. The first-order valence-corrected chi connectivity index (χ1v) is 11.7. The topological polar surface area (TPSA) is 80.8 Å². The average molecular weight is 438 g/mol. The van der Waals surface area contributed by atoms with Gasteiger partial charge in [0.15, 0.2) is 6.61 Å². The summed E-state index contributed by atoms with van der Waals surface area (Å²) in [7, 11) is -3.56. The summed E-state index contributed by atoms with van der Waals surface area (Å²) in [5, 5.41) is 1.74. The summed E-state index contributed by atoms with van der Waals surface area (Å²) in [4.78, 5) is 25.1. The maximum Gasteiger partial charge on any atom is 0.338 e. The summed E-state index contributed by atoms with van der Waals surface area (Å²) in [5.74, 6) is -0.968. The number of ketones is 1. The number of esters is 1. The van der Waals surface area contributed by atoms with Gasteiger partial charge in [0.25, 0.3) is 0 Å². The second-order valence-corrected chi connectivity index (χ2v) is 9.45. The zero-order valence-electron chi connectivity index (χ0n) is 17.0. The van der Waals surface area contributed by atoms with Gasteiger partial charge < -0.3 is 4.74 Å². The number of fused-ring (bicyclic) bond motifs is 1. The van der Waals surface area contributed by atoms with Crippen LogP contribution in [0, 0.1) is 0 Å². The molecule has 0 aliphatic carbocycles. The summed E-state index contributed by atoms with van der Waals surface area (Å²) in [6.45, 7) is 0.644. The van der Waals surface area contributed by atoms with Gasteiger partial charge in [-0.05, 0) is 47.9 Å². The molecule has 0 unspecified atom stereocenters. The molecule has 3 aromatic rings. The molecular weight excluding hydrogens is 414 g/mol. The van der Waals surface area contributed by atoms with E-state index in [0.29, 0.717) is 18.7 Å². The predicted molar refractivity (Wildman–Crippen MR) is 118 cm³/mol. The van der Waals surface area contributed by atoms with Gasteiger partial charge in [0.2, 0.25) is 15.8 Å². The molecule has 1 aliphatic heterocycles. The highest BCUT2D eigenvalue weighted by molar-refractivity contribution is 7.89. The van der Waals surface area contributed by atoms with Gasteiger partial charge in [0, 0.05) is 18.7 Å². The van der Waals surface area contributed by atoms with E-state index in [9.17, 15) is 18.0 Å². The Bertz CT molecular complexity index is 1210. The maximum atomic E-state index is 12.7. The third-order valence-corrected chi connectivity index (χ3v) is 7.38. The molecule has 6 nitrogen and oxygen atoms in total. The van der Waals surface area contributed by atoms with E-state index in [1.54, 1.807) is 12.1 Å². The number of ether oxygens (including phenoxy) is 1. The van der Waals surface area contributed by atoms with Crippen molar-refractivity contribution in [1.82, 2.24) is 4.31 Å². The minimum absolute atomic E-state index is 0.151. The van der Waals surface area contributed by atoms with Crippen LogP contribution < -0.4 is 0 Å². The lowest BCUT2D eigenvalue weighted by Crippen LogP contribution is -2.35. The van der Waals surface area contributed by atoms with Crippen LogP contribution >= 0.6 is 0 Å². The molecule has 0 N–H and O–H groups in total. The van der Waals surface area contributed by atoms with Crippen molar-refractivity contribution in [3.8, 4) is 0 Å². The van der Waals surface area contributed by atoms with Crippen molar-refractivity contribution in [2.75, 3.05) is 19.7 Å². The molecule has 31 heavy (non-hydrogen) atoms. The molecule has 0 amide bonds. The Morgan fingerprint density at radius 1 is 0.839 bits per heavy atom. The first-order valence-electron chi connectivity index (χ1n) is 10.2. The average Bonchev–Trinajstić information content (AvgIpc) is 2.82. The van der Waals surface area contributed by atoms with Crippen LogP contribution in [0.3, 0.4) is 0 Å². The van der Waals surface area contributed by atoms with Crippen LogP contribution in [-0.4, -0.2) is 44.2 Å². The van der Waals surface area contributed by atoms with Gasteiger partial charge in [0.05, 0.1) is 10.5 Å². The second kappa shape index (κ2) is 8.99. The quantitative estimate of drug-likeness (QED) is 0.429. The molecule has 4 rings (SSSR count). The number of hydrogen-bond donors (Lipinski definition) is 0. The normalized spacial score (nSPS) is 15.0. The third-order valence-electron chi connectivity index (χ3n) is 5.47. The van der Waals surface area contributed by atoms with Crippen LogP contribution in [0.4, 0.5) is 0 Å². The molecule has 0 saturated carbocycles.